The van der Waals surface area contributed by atoms with Gasteiger partial charge >= 0.3 is 5.97 Å². The van der Waals surface area contributed by atoms with E-state index in [1.54, 1.807) is 19.2 Å². The molecule has 1 aliphatic rings. The molecular formula is C14H21N3O2. The van der Waals surface area contributed by atoms with Crippen LogP contribution in [0.15, 0.2) is 18.3 Å². The largest absolute Gasteiger partial charge is 0.462 e. The number of pyridine rings is 1. The Kier molecular flexibility index (Phi) is 4.37. The van der Waals surface area contributed by atoms with Gasteiger partial charge in [-0.1, -0.05) is 0 Å². The number of rotatable bonds is 3. The molecule has 2 rings (SSSR count). The maximum Gasteiger partial charge on any atom is 0.339 e. The summed E-state index contributed by atoms with van der Waals surface area (Å²) in [6.07, 6.45) is 1.59. The van der Waals surface area contributed by atoms with Crippen molar-refractivity contribution in [2.24, 2.45) is 0 Å². The van der Waals surface area contributed by atoms with Crippen molar-refractivity contribution in [2.45, 2.75) is 32.9 Å². The van der Waals surface area contributed by atoms with E-state index in [9.17, 15) is 4.79 Å². The molecule has 0 amide bonds. The third-order valence-corrected chi connectivity index (χ3v) is 3.14. The molecule has 19 heavy (non-hydrogen) atoms. The van der Waals surface area contributed by atoms with Gasteiger partial charge in [-0.25, -0.2) is 9.78 Å². The van der Waals surface area contributed by atoms with Gasteiger partial charge in [-0.05, 0) is 32.9 Å². The lowest BCUT2D eigenvalue weighted by Crippen LogP contribution is -2.54. The Morgan fingerprint density at radius 2 is 2.11 bits per heavy atom. The quantitative estimate of drug-likeness (QED) is 0.836. The average Bonchev–Trinajstić information content (AvgIpc) is 2.38. The van der Waals surface area contributed by atoms with Gasteiger partial charge in [0.2, 0.25) is 0 Å². The smallest absolute Gasteiger partial charge is 0.339 e. The van der Waals surface area contributed by atoms with Gasteiger partial charge in [0.1, 0.15) is 5.82 Å². The van der Waals surface area contributed by atoms with Crippen molar-refractivity contribution in [1.82, 2.24) is 10.3 Å². The lowest BCUT2D eigenvalue weighted by Gasteiger charge is -2.36. The van der Waals surface area contributed by atoms with Crippen LogP contribution in [-0.4, -0.2) is 42.7 Å². The number of nitrogens with zero attached hydrogens (tertiary/aromatic N) is 2. The van der Waals surface area contributed by atoms with Crippen molar-refractivity contribution in [3.63, 3.8) is 0 Å². The molecular weight excluding hydrogens is 242 g/mol. The minimum Gasteiger partial charge on any atom is -0.462 e. The average molecular weight is 263 g/mol. The molecule has 1 N–H and O–H groups in total. The molecule has 0 aliphatic carbocycles. The second-order valence-electron chi connectivity index (χ2n) is 5.00. The Balaban J connectivity index is 2.07. The van der Waals surface area contributed by atoms with Gasteiger partial charge in [0.05, 0.1) is 12.2 Å². The number of ether oxygens (including phenoxy) is 1. The summed E-state index contributed by atoms with van der Waals surface area (Å²) in [6.45, 7) is 8.36. The first kappa shape index (κ1) is 13.8. The van der Waals surface area contributed by atoms with E-state index in [0.717, 1.165) is 18.9 Å². The van der Waals surface area contributed by atoms with Crippen LogP contribution in [0.2, 0.25) is 0 Å². The zero-order valence-corrected chi connectivity index (χ0v) is 11.7. The van der Waals surface area contributed by atoms with Crippen LogP contribution >= 0.6 is 0 Å². The zero-order valence-electron chi connectivity index (χ0n) is 11.7. The Labute approximate surface area is 114 Å². The Morgan fingerprint density at radius 3 is 2.63 bits per heavy atom. The minimum atomic E-state index is -0.316. The van der Waals surface area contributed by atoms with Crippen molar-refractivity contribution in [2.75, 3.05) is 24.6 Å². The number of hydrogen-bond donors (Lipinski definition) is 1. The SMILES string of the molecule is CCOC(=O)c1ccc(N2CC(C)NC(C)C2)nc1. The van der Waals surface area contributed by atoms with Crippen LogP contribution < -0.4 is 10.2 Å². The number of carbonyl (C=O) groups is 1. The van der Waals surface area contributed by atoms with Gasteiger partial charge in [0.15, 0.2) is 0 Å². The molecule has 0 bridgehead atoms. The van der Waals surface area contributed by atoms with Crippen molar-refractivity contribution in [1.29, 1.82) is 0 Å². The van der Waals surface area contributed by atoms with Crippen molar-refractivity contribution in [3.8, 4) is 0 Å². The van der Waals surface area contributed by atoms with E-state index in [0.29, 0.717) is 24.3 Å². The van der Waals surface area contributed by atoms with E-state index in [2.05, 4.69) is 29.0 Å². The predicted molar refractivity (Wildman–Crippen MR) is 74.5 cm³/mol. The molecule has 1 aromatic heterocycles. The molecule has 0 radical (unpaired) electrons. The fourth-order valence-electron chi connectivity index (χ4n) is 2.42. The maximum atomic E-state index is 11.6. The number of piperazine rings is 1. The second kappa shape index (κ2) is 6.02. The number of esters is 1. The molecule has 5 heteroatoms. The highest BCUT2D eigenvalue weighted by Gasteiger charge is 2.22. The van der Waals surface area contributed by atoms with E-state index in [-0.39, 0.29) is 5.97 Å². The molecule has 0 saturated carbocycles. The van der Waals surface area contributed by atoms with Crippen molar-refractivity contribution in [3.05, 3.63) is 23.9 Å². The van der Waals surface area contributed by atoms with Crippen molar-refractivity contribution >= 4 is 11.8 Å². The van der Waals surface area contributed by atoms with Gasteiger partial charge in [-0.3, -0.25) is 0 Å². The van der Waals surface area contributed by atoms with Crippen LogP contribution in [0.1, 0.15) is 31.1 Å². The minimum absolute atomic E-state index is 0.316. The summed E-state index contributed by atoms with van der Waals surface area (Å²) < 4.78 is 4.94. The standard InChI is InChI=1S/C14H21N3O2/c1-4-19-14(18)12-5-6-13(15-7-12)17-8-10(2)16-11(3)9-17/h5-7,10-11,16H,4,8-9H2,1-3H3. The Morgan fingerprint density at radius 1 is 1.42 bits per heavy atom. The molecule has 5 nitrogen and oxygen atoms in total. The third-order valence-electron chi connectivity index (χ3n) is 3.14. The molecule has 2 atom stereocenters. The first-order valence-electron chi connectivity index (χ1n) is 6.74. The molecule has 0 spiro atoms. The maximum absolute atomic E-state index is 11.6. The molecule has 1 fully saturated rings. The first-order valence-corrected chi connectivity index (χ1v) is 6.74. The number of anilines is 1. The summed E-state index contributed by atoms with van der Waals surface area (Å²) in [5, 5.41) is 3.48. The highest BCUT2D eigenvalue weighted by Crippen LogP contribution is 2.15. The summed E-state index contributed by atoms with van der Waals surface area (Å²) >= 11 is 0. The van der Waals surface area contributed by atoms with Gasteiger partial charge in [-0.2, -0.15) is 0 Å². The number of aromatic nitrogens is 1. The molecule has 104 valence electrons. The van der Waals surface area contributed by atoms with Crippen LogP contribution in [-0.2, 0) is 4.74 Å². The van der Waals surface area contributed by atoms with E-state index in [4.69, 9.17) is 4.74 Å². The van der Waals surface area contributed by atoms with Gasteiger partial charge in [-0.15, -0.1) is 0 Å². The van der Waals surface area contributed by atoms with E-state index >= 15 is 0 Å². The molecule has 0 aromatic carbocycles. The normalized spacial score (nSPS) is 23.2. The lowest BCUT2D eigenvalue weighted by molar-refractivity contribution is 0.0526. The first-order chi connectivity index (χ1) is 9.10. The number of nitrogens with one attached hydrogen (secondary N) is 1. The van der Waals surface area contributed by atoms with Crippen molar-refractivity contribution < 1.29 is 9.53 Å². The van der Waals surface area contributed by atoms with Crippen LogP contribution in [0.25, 0.3) is 0 Å². The summed E-state index contributed by atoms with van der Waals surface area (Å²) in [7, 11) is 0. The summed E-state index contributed by atoms with van der Waals surface area (Å²) in [6, 6.07) is 4.54. The molecule has 2 unspecified atom stereocenters. The highest BCUT2D eigenvalue weighted by molar-refractivity contribution is 5.89. The van der Waals surface area contributed by atoms with Crippen LogP contribution in [0.4, 0.5) is 5.82 Å². The highest BCUT2D eigenvalue weighted by atomic mass is 16.5. The van der Waals surface area contributed by atoms with E-state index in [1.165, 1.54) is 0 Å². The third kappa shape index (κ3) is 3.44. The molecule has 2 heterocycles. The fourth-order valence-corrected chi connectivity index (χ4v) is 2.42. The molecule has 1 saturated heterocycles. The molecule has 1 aliphatic heterocycles. The van der Waals surface area contributed by atoms with Gasteiger partial charge in [0, 0.05) is 31.4 Å². The summed E-state index contributed by atoms with van der Waals surface area (Å²) in [5.74, 6) is 0.594. The summed E-state index contributed by atoms with van der Waals surface area (Å²) in [5.41, 5.74) is 0.502. The monoisotopic (exact) mass is 263 g/mol. The fraction of sp³-hybridized carbons (Fsp3) is 0.571. The van der Waals surface area contributed by atoms with E-state index in [1.807, 2.05) is 6.07 Å². The second-order valence-corrected chi connectivity index (χ2v) is 5.00. The van der Waals surface area contributed by atoms with Crippen LogP contribution in [0.3, 0.4) is 0 Å². The number of hydrogen-bond acceptors (Lipinski definition) is 5. The molecule has 1 aromatic rings. The van der Waals surface area contributed by atoms with Gasteiger partial charge < -0.3 is 15.0 Å². The number of carbonyl (C=O) groups excluding carboxylic acids is 1. The lowest BCUT2D eigenvalue weighted by atomic mass is 10.1. The van der Waals surface area contributed by atoms with Crippen LogP contribution in [0.5, 0.6) is 0 Å². The zero-order chi connectivity index (χ0) is 13.8. The summed E-state index contributed by atoms with van der Waals surface area (Å²) in [4.78, 5) is 18.2. The van der Waals surface area contributed by atoms with Gasteiger partial charge in [0.25, 0.3) is 0 Å². The van der Waals surface area contributed by atoms with E-state index < -0.39 is 0 Å². The predicted octanol–water partition coefficient (Wildman–Crippen LogP) is 1.44. The Hall–Kier alpha value is -1.62. The topological polar surface area (TPSA) is 54.5 Å². The van der Waals surface area contributed by atoms with Crippen LogP contribution in [0, 0.1) is 0 Å². The Bertz CT molecular complexity index is 423.